The van der Waals surface area contributed by atoms with E-state index in [4.69, 9.17) is 0 Å². The van der Waals surface area contributed by atoms with Gasteiger partial charge in [0.15, 0.2) is 6.29 Å². The number of carbonyl (C=O) groups is 4. The molecular weight excluding hydrogens is 391 g/mol. The summed E-state index contributed by atoms with van der Waals surface area (Å²) < 4.78 is 15.2. The molecule has 0 aliphatic carbocycles. The van der Waals surface area contributed by atoms with Gasteiger partial charge in [-0.15, -0.1) is 0 Å². The van der Waals surface area contributed by atoms with Gasteiger partial charge < -0.3 is 10.2 Å². The summed E-state index contributed by atoms with van der Waals surface area (Å²) in [6.07, 6.45) is 2.63. The van der Waals surface area contributed by atoms with Crippen LogP contribution in [-0.2, 0) is 25.7 Å². The molecule has 5 aliphatic heterocycles. The van der Waals surface area contributed by atoms with Crippen molar-refractivity contribution < 1.29 is 23.6 Å². The first-order valence-corrected chi connectivity index (χ1v) is 10.4. The Balaban J connectivity index is 1.58. The van der Waals surface area contributed by atoms with Crippen molar-refractivity contribution >= 4 is 29.6 Å². The third-order valence-electron chi connectivity index (χ3n) is 6.85. The number of Topliss-reactive ketones (excluding diaryl/α,β-unsaturated/α-hetero) is 1. The van der Waals surface area contributed by atoms with Crippen molar-refractivity contribution in [1.82, 2.24) is 15.5 Å². The summed E-state index contributed by atoms with van der Waals surface area (Å²) in [5.74, 6) is -1.96. The molecule has 2 bridgehead atoms. The molecule has 0 spiro atoms. The number of hydrogen-bond donors (Lipinski definition) is 2. The van der Waals surface area contributed by atoms with Crippen LogP contribution in [0.15, 0.2) is 12.1 Å². The minimum atomic E-state index is -1.03. The molecule has 0 aromatic heterocycles. The number of piperidine rings is 3. The summed E-state index contributed by atoms with van der Waals surface area (Å²) in [7, 11) is 0. The Hall–Kier alpha value is -2.65. The van der Waals surface area contributed by atoms with E-state index in [9.17, 15) is 19.2 Å². The maximum absolute atomic E-state index is 15.2. The van der Waals surface area contributed by atoms with Crippen LogP contribution in [0, 0.1) is 5.82 Å². The molecule has 5 aliphatic rings. The van der Waals surface area contributed by atoms with E-state index in [1.807, 2.05) is 4.90 Å². The fourth-order valence-electron chi connectivity index (χ4n) is 5.45. The van der Waals surface area contributed by atoms with Crippen molar-refractivity contribution in [3.05, 3.63) is 29.1 Å². The number of rotatable bonds is 4. The van der Waals surface area contributed by atoms with E-state index in [2.05, 4.69) is 10.6 Å². The number of fused-ring (bicyclic) bond motifs is 4. The Bertz CT molecular complexity index is 943. The van der Waals surface area contributed by atoms with Crippen LogP contribution in [0.5, 0.6) is 0 Å². The highest BCUT2D eigenvalue weighted by molar-refractivity contribution is 6.28. The smallest absolute Gasteiger partial charge is 0.243 e. The van der Waals surface area contributed by atoms with Crippen molar-refractivity contribution in [2.24, 2.45) is 0 Å². The SMILES string of the molecule is O=CC(=O)C1c2c(ccc(F)c2N2CC3CCC2CN3)CN1C1CCC(=O)NC1=O. The fourth-order valence-corrected chi connectivity index (χ4v) is 5.45. The number of nitrogens with zero attached hydrogens (tertiary/aromatic N) is 2. The van der Waals surface area contributed by atoms with Crippen LogP contribution < -0.4 is 15.5 Å². The second-order valence-electron chi connectivity index (χ2n) is 8.52. The topological polar surface area (TPSA) is 98.8 Å². The van der Waals surface area contributed by atoms with E-state index in [1.54, 1.807) is 11.0 Å². The third kappa shape index (κ3) is 2.95. The molecule has 9 heteroatoms. The van der Waals surface area contributed by atoms with Crippen molar-refractivity contribution in [1.29, 1.82) is 0 Å². The normalized spacial score (nSPS) is 30.9. The van der Waals surface area contributed by atoms with Gasteiger partial charge in [0.05, 0.1) is 11.7 Å². The van der Waals surface area contributed by atoms with Crippen LogP contribution in [0.1, 0.15) is 42.9 Å². The monoisotopic (exact) mass is 414 g/mol. The molecule has 0 radical (unpaired) electrons. The largest absolute Gasteiger partial charge is 0.363 e. The van der Waals surface area contributed by atoms with Crippen LogP contribution in [-0.4, -0.2) is 60.0 Å². The summed E-state index contributed by atoms with van der Waals surface area (Å²) in [6.45, 7) is 1.63. The van der Waals surface area contributed by atoms with Gasteiger partial charge in [0.1, 0.15) is 11.9 Å². The van der Waals surface area contributed by atoms with Gasteiger partial charge in [-0.3, -0.25) is 29.4 Å². The van der Waals surface area contributed by atoms with E-state index >= 15 is 4.39 Å². The average Bonchev–Trinajstić information content (AvgIpc) is 3.13. The van der Waals surface area contributed by atoms with Gasteiger partial charge in [0.2, 0.25) is 17.6 Å². The summed E-state index contributed by atoms with van der Waals surface area (Å²) in [5, 5.41) is 5.75. The maximum Gasteiger partial charge on any atom is 0.243 e. The highest BCUT2D eigenvalue weighted by atomic mass is 19.1. The van der Waals surface area contributed by atoms with E-state index in [-0.39, 0.29) is 43.7 Å². The van der Waals surface area contributed by atoms with Crippen LogP contribution in [0.3, 0.4) is 0 Å². The molecule has 30 heavy (non-hydrogen) atoms. The van der Waals surface area contributed by atoms with Crippen LogP contribution in [0.4, 0.5) is 10.1 Å². The van der Waals surface area contributed by atoms with E-state index in [0.717, 1.165) is 24.9 Å². The first-order chi connectivity index (χ1) is 14.5. The predicted octanol–water partition coefficient (Wildman–Crippen LogP) is 0.196. The maximum atomic E-state index is 15.2. The number of aldehydes is 1. The quantitative estimate of drug-likeness (QED) is 0.412. The molecular formula is C21H23FN4O4. The van der Waals surface area contributed by atoms with Crippen molar-refractivity contribution in [3.8, 4) is 0 Å². The van der Waals surface area contributed by atoms with Crippen LogP contribution >= 0.6 is 0 Å². The number of anilines is 1. The number of halogens is 1. The number of piperazine rings is 1. The zero-order valence-electron chi connectivity index (χ0n) is 16.4. The predicted molar refractivity (Wildman–Crippen MR) is 104 cm³/mol. The molecule has 6 rings (SSSR count). The Morgan fingerprint density at radius 2 is 2.03 bits per heavy atom. The van der Waals surface area contributed by atoms with Gasteiger partial charge in [0, 0.05) is 43.7 Å². The van der Waals surface area contributed by atoms with Gasteiger partial charge in [0.25, 0.3) is 0 Å². The molecule has 1 aromatic rings. The number of nitrogens with one attached hydrogen (secondary N) is 2. The zero-order valence-corrected chi connectivity index (χ0v) is 16.4. The molecule has 4 saturated heterocycles. The first kappa shape index (κ1) is 19.3. The lowest BCUT2D eigenvalue weighted by atomic mass is 9.89. The molecule has 0 saturated carbocycles. The minimum absolute atomic E-state index is 0.118. The Labute approximate surface area is 172 Å². The van der Waals surface area contributed by atoms with E-state index < -0.39 is 29.6 Å². The summed E-state index contributed by atoms with van der Waals surface area (Å²) in [6, 6.07) is 1.66. The molecule has 2 N–H and O–H groups in total. The highest BCUT2D eigenvalue weighted by Gasteiger charge is 2.47. The van der Waals surface area contributed by atoms with E-state index in [1.165, 1.54) is 6.07 Å². The summed E-state index contributed by atoms with van der Waals surface area (Å²) in [5.41, 5.74) is 1.61. The number of imide groups is 1. The first-order valence-electron chi connectivity index (χ1n) is 10.4. The van der Waals surface area contributed by atoms with Crippen molar-refractivity contribution in [2.75, 3.05) is 18.0 Å². The van der Waals surface area contributed by atoms with Gasteiger partial charge in [-0.05, 0) is 30.9 Å². The Morgan fingerprint density at radius 1 is 1.20 bits per heavy atom. The molecule has 4 fully saturated rings. The van der Waals surface area contributed by atoms with Gasteiger partial charge in [-0.25, -0.2) is 4.39 Å². The van der Waals surface area contributed by atoms with Gasteiger partial charge >= 0.3 is 0 Å². The minimum Gasteiger partial charge on any atom is -0.363 e. The molecule has 8 nitrogen and oxygen atoms in total. The van der Waals surface area contributed by atoms with E-state index in [0.29, 0.717) is 17.8 Å². The summed E-state index contributed by atoms with van der Waals surface area (Å²) in [4.78, 5) is 52.0. The lowest BCUT2D eigenvalue weighted by molar-refractivity contribution is -0.141. The molecule has 2 amide bonds. The van der Waals surface area contributed by atoms with Gasteiger partial charge in [-0.1, -0.05) is 6.07 Å². The number of carbonyl (C=O) groups excluding carboxylic acids is 4. The Morgan fingerprint density at radius 3 is 2.67 bits per heavy atom. The van der Waals surface area contributed by atoms with Crippen LogP contribution in [0.2, 0.25) is 0 Å². The molecule has 1 aromatic carbocycles. The fraction of sp³-hybridized carbons (Fsp3) is 0.524. The standard InChI is InChI=1S/C21H23FN4O4/c22-14-4-1-11-8-26(15-5-6-17(29)24-21(15)30)20(16(28)10-27)18(11)19(14)25-9-12-2-3-13(25)7-23-12/h1,4,10,12-13,15,20,23H,2-3,5-9H2,(H,24,29,30). The zero-order chi connectivity index (χ0) is 21.0. The second-order valence-corrected chi connectivity index (χ2v) is 8.52. The molecule has 4 atom stereocenters. The molecule has 158 valence electrons. The van der Waals surface area contributed by atoms with Crippen molar-refractivity contribution in [2.45, 2.75) is 56.4 Å². The summed E-state index contributed by atoms with van der Waals surface area (Å²) >= 11 is 0. The second kappa shape index (κ2) is 7.24. The van der Waals surface area contributed by atoms with Crippen molar-refractivity contribution in [3.63, 3.8) is 0 Å². The number of amides is 2. The molecule has 4 unspecified atom stereocenters. The number of benzene rings is 1. The third-order valence-corrected chi connectivity index (χ3v) is 6.85. The Kier molecular flexibility index (Phi) is 4.67. The van der Waals surface area contributed by atoms with Crippen LogP contribution in [0.25, 0.3) is 0 Å². The number of hydrogen-bond acceptors (Lipinski definition) is 7. The lowest BCUT2D eigenvalue weighted by Crippen LogP contribution is -2.61. The average molecular weight is 414 g/mol. The number of ketones is 1. The highest BCUT2D eigenvalue weighted by Crippen LogP contribution is 2.45. The molecule has 5 heterocycles. The lowest BCUT2D eigenvalue weighted by Gasteiger charge is -2.48. The van der Waals surface area contributed by atoms with Gasteiger partial charge in [-0.2, -0.15) is 0 Å².